The molecule has 0 aliphatic heterocycles. The summed E-state index contributed by atoms with van der Waals surface area (Å²) in [6.07, 6.45) is 2.08. The van der Waals surface area contributed by atoms with Crippen LogP contribution in [-0.4, -0.2) is 77.6 Å². The lowest BCUT2D eigenvalue weighted by Crippen LogP contribution is -2.55. The maximum atomic E-state index is 13.2. The highest BCUT2D eigenvalue weighted by atomic mass is 127. The van der Waals surface area contributed by atoms with E-state index in [0.29, 0.717) is 30.9 Å². The fourth-order valence-corrected chi connectivity index (χ4v) is 4.30. The average molecular weight is 600 g/mol. The Bertz CT molecular complexity index is 913. The number of ether oxygens (including phenoxy) is 2. The third kappa shape index (κ3) is 9.21. The quantitative estimate of drug-likeness (QED) is 0.194. The van der Waals surface area contributed by atoms with E-state index in [0.717, 1.165) is 9.14 Å². The van der Waals surface area contributed by atoms with Crippen LogP contribution in [0.15, 0.2) is 47.6 Å². The number of nitrogens with zero attached hydrogens (tertiary/aromatic N) is 1. The third-order valence-electron chi connectivity index (χ3n) is 5.40. The highest BCUT2D eigenvalue weighted by Crippen LogP contribution is 2.30. The van der Waals surface area contributed by atoms with Gasteiger partial charge in [-0.1, -0.05) is 17.7 Å². The first kappa shape index (κ1) is 29.3. The number of nitrogens with one attached hydrogen (secondary N) is 1. The van der Waals surface area contributed by atoms with E-state index in [1.54, 1.807) is 17.0 Å². The molecule has 0 fully saturated rings. The van der Waals surface area contributed by atoms with Crippen molar-refractivity contribution >= 4 is 34.4 Å². The van der Waals surface area contributed by atoms with Gasteiger partial charge in [0.15, 0.2) is 0 Å². The zero-order valence-electron chi connectivity index (χ0n) is 20.9. The molecule has 9 heteroatoms. The van der Waals surface area contributed by atoms with Gasteiger partial charge in [-0.2, -0.15) is 0 Å². The Morgan fingerprint density at radius 2 is 2.00 bits per heavy atom. The number of benzene rings is 1. The van der Waals surface area contributed by atoms with E-state index < -0.39 is 18.2 Å². The van der Waals surface area contributed by atoms with Crippen LogP contribution in [0.3, 0.4) is 0 Å². The van der Waals surface area contributed by atoms with Crippen LogP contribution in [0, 0.1) is 3.57 Å². The molecule has 194 valence electrons. The van der Waals surface area contributed by atoms with Gasteiger partial charge in [0.05, 0.1) is 22.3 Å². The molecule has 2 rings (SSSR count). The van der Waals surface area contributed by atoms with Crippen molar-refractivity contribution in [1.82, 2.24) is 10.2 Å². The Balaban J connectivity index is 2.37. The Kier molecular flexibility index (Phi) is 12.2. The van der Waals surface area contributed by atoms with E-state index in [-0.39, 0.29) is 37.5 Å². The van der Waals surface area contributed by atoms with E-state index in [4.69, 9.17) is 14.6 Å². The van der Waals surface area contributed by atoms with Gasteiger partial charge in [-0.05, 0) is 74.9 Å². The minimum atomic E-state index is -1.05. The fourth-order valence-electron chi connectivity index (χ4n) is 3.79. The van der Waals surface area contributed by atoms with Crippen molar-refractivity contribution in [2.75, 3.05) is 26.3 Å². The van der Waals surface area contributed by atoms with Crippen LogP contribution in [0.1, 0.15) is 40.5 Å². The lowest BCUT2D eigenvalue weighted by molar-refractivity contribution is -0.133. The Morgan fingerprint density at radius 3 is 2.63 bits per heavy atom. The maximum Gasteiger partial charge on any atom is 0.247 e. The molecular formula is C26H37IN2O6. The first-order valence-electron chi connectivity index (χ1n) is 11.9. The standard InChI is InChI=1S/C26H37IN2O6/c1-17(2)14-24(31)29(11-7-13-34-18(3)4)21-15-19(26(33)28-10-12-30)16-23(25(21)32)35-22-9-6-5-8-20(22)27/h5-6,8-9,14,16,18,21,23,25,30,32H,7,10-13,15H2,1-4H3,(H,28,33). The first-order chi connectivity index (χ1) is 16.6. The van der Waals surface area contributed by atoms with Crippen molar-refractivity contribution in [1.29, 1.82) is 0 Å². The molecule has 35 heavy (non-hydrogen) atoms. The van der Waals surface area contributed by atoms with Gasteiger partial charge in [-0.3, -0.25) is 9.59 Å². The summed E-state index contributed by atoms with van der Waals surface area (Å²) in [5.74, 6) is -0.00890. The summed E-state index contributed by atoms with van der Waals surface area (Å²) in [5, 5.41) is 23.2. The molecule has 1 aliphatic rings. The molecule has 3 unspecified atom stereocenters. The smallest absolute Gasteiger partial charge is 0.247 e. The van der Waals surface area contributed by atoms with Crippen molar-refractivity contribution < 1.29 is 29.3 Å². The Labute approximate surface area is 221 Å². The minimum absolute atomic E-state index is 0.0769. The molecule has 0 heterocycles. The summed E-state index contributed by atoms with van der Waals surface area (Å²) < 4.78 is 12.6. The molecule has 1 aromatic carbocycles. The molecule has 0 aromatic heterocycles. The maximum absolute atomic E-state index is 13.2. The fraction of sp³-hybridized carbons (Fsp3) is 0.538. The Hall–Kier alpha value is -1.95. The normalized spacial score (nSPS) is 19.7. The number of aliphatic hydroxyl groups excluding tert-OH is 2. The number of aliphatic hydroxyl groups is 2. The molecule has 1 aliphatic carbocycles. The third-order valence-corrected chi connectivity index (χ3v) is 6.30. The predicted octanol–water partition coefficient (Wildman–Crippen LogP) is 2.82. The van der Waals surface area contributed by atoms with Gasteiger partial charge in [-0.15, -0.1) is 0 Å². The molecule has 8 nitrogen and oxygen atoms in total. The van der Waals surface area contributed by atoms with Crippen molar-refractivity contribution in [3.8, 4) is 5.75 Å². The number of para-hydroxylation sites is 1. The molecule has 0 bridgehead atoms. The molecule has 0 spiro atoms. The lowest BCUT2D eigenvalue weighted by atomic mass is 9.88. The van der Waals surface area contributed by atoms with Gasteiger partial charge >= 0.3 is 0 Å². The number of rotatable bonds is 12. The largest absolute Gasteiger partial charge is 0.482 e. The molecule has 3 N–H and O–H groups in total. The van der Waals surface area contributed by atoms with Crippen LogP contribution in [0.25, 0.3) is 0 Å². The monoisotopic (exact) mass is 600 g/mol. The Morgan fingerprint density at radius 1 is 1.29 bits per heavy atom. The molecular weight excluding hydrogens is 563 g/mol. The van der Waals surface area contributed by atoms with E-state index in [1.165, 1.54) is 6.08 Å². The molecule has 0 radical (unpaired) electrons. The van der Waals surface area contributed by atoms with Gasteiger partial charge in [0.25, 0.3) is 0 Å². The number of hydrogen-bond donors (Lipinski definition) is 3. The summed E-state index contributed by atoms with van der Waals surface area (Å²) in [7, 11) is 0. The number of amides is 2. The van der Waals surface area contributed by atoms with Crippen LogP contribution >= 0.6 is 22.6 Å². The van der Waals surface area contributed by atoms with E-state index >= 15 is 0 Å². The zero-order valence-corrected chi connectivity index (χ0v) is 23.0. The van der Waals surface area contributed by atoms with Crippen molar-refractivity contribution in [3.63, 3.8) is 0 Å². The second kappa shape index (κ2) is 14.6. The van der Waals surface area contributed by atoms with Gasteiger partial charge in [0, 0.05) is 37.8 Å². The second-order valence-corrected chi connectivity index (χ2v) is 10.1. The number of carbonyl (C=O) groups excluding carboxylic acids is 2. The molecule has 3 atom stereocenters. The molecule has 0 saturated carbocycles. The summed E-state index contributed by atoms with van der Waals surface area (Å²) in [6.45, 7) is 8.34. The van der Waals surface area contributed by atoms with Crippen LogP contribution in [0.4, 0.5) is 0 Å². The van der Waals surface area contributed by atoms with Crippen LogP contribution in [-0.2, 0) is 14.3 Å². The highest BCUT2D eigenvalue weighted by Gasteiger charge is 2.40. The number of hydrogen-bond acceptors (Lipinski definition) is 6. The summed E-state index contributed by atoms with van der Waals surface area (Å²) in [5.41, 5.74) is 1.24. The average Bonchev–Trinajstić information content (AvgIpc) is 2.79. The number of halogens is 1. The topological polar surface area (TPSA) is 108 Å². The van der Waals surface area contributed by atoms with Gasteiger partial charge in [0.2, 0.25) is 11.8 Å². The van der Waals surface area contributed by atoms with Crippen molar-refractivity contribution in [2.24, 2.45) is 0 Å². The van der Waals surface area contributed by atoms with Gasteiger partial charge in [-0.25, -0.2) is 0 Å². The number of carbonyl (C=O) groups is 2. The molecule has 2 amide bonds. The SMILES string of the molecule is CC(C)=CC(=O)N(CCCOC(C)C)C1CC(C(=O)NCCO)=CC(Oc2ccccc2I)C1O. The highest BCUT2D eigenvalue weighted by molar-refractivity contribution is 14.1. The van der Waals surface area contributed by atoms with Gasteiger partial charge in [0.1, 0.15) is 18.0 Å². The second-order valence-electron chi connectivity index (χ2n) is 8.97. The number of allylic oxidation sites excluding steroid dienone is 1. The van der Waals surface area contributed by atoms with E-state index in [1.807, 2.05) is 45.9 Å². The van der Waals surface area contributed by atoms with E-state index in [9.17, 15) is 14.7 Å². The summed E-state index contributed by atoms with van der Waals surface area (Å²) in [4.78, 5) is 27.6. The first-order valence-corrected chi connectivity index (χ1v) is 13.0. The summed E-state index contributed by atoms with van der Waals surface area (Å²) in [6, 6.07) is 6.73. The molecule has 0 saturated heterocycles. The van der Waals surface area contributed by atoms with Gasteiger partial charge < -0.3 is 29.9 Å². The van der Waals surface area contributed by atoms with Crippen LogP contribution in [0.2, 0.25) is 0 Å². The molecule has 1 aromatic rings. The predicted molar refractivity (Wildman–Crippen MR) is 143 cm³/mol. The zero-order chi connectivity index (χ0) is 26.0. The summed E-state index contributed by atoms with van der Waals surface area (Å²) >= 11 is 2.15. The van der Waals surface area contributed by atoms with Crippen molar-refractivity contribution in [2.45, 2.75) is 64.9 Å². The lowest BCUT2D eigenvalue weighted by Gasteiger charge is -2.40. The van der Waals surface area contributed by atoms with Crippen LogP contribution in [0.5, 0.6) is 5.75 Å². The van der Waals surface area contributed by atoms with E-state index in [2.05, 4.69) is 27.9 Å². The minimum Gasteiger partial charge on any atom is -0.482 e. The van der Waals surface area contributed by atoms with Crippen LogP contribution < -0.4 is 10.1 Å². The van der Waals surface area contributed by atoms with Crippen molar-refractivity contribution in [3.05, 3.63) is 51.1 Å².